The molecule has 1 saturated carbocycles. The van der Waals surface area contributed by atoms with Crippen molar-refractivity contribution in [3.8, 4) is 0 Å². The van der Waals surface area contributed by atoms with Crippen molar-refractivity contribution in [2.75, 3.05) is 5.32 Å². The Bertz CT molecular complexity index is 944. The summed E-state index contributed by atoms with van der Waals surface area (Å²) in [4.78, 5) is 14.9. The van der Waals surface area contributed by atoms with Gasteiger partial charge in [0.25, 0.3) is 5.91 Å². The summed E-state index contributed by atoms with van der Waals surface area (Å²) in [7, 11) is 0. The summed E-state index contributed by atoms with van der Waals surface area (Å²) in [5.74, 6) is 3.67. The number of nitrogens with one attached hydrogen (secondary N) is 1. The molecule has 0 spiro atoms. The molecule has 1 aliphatic carbocycles. The second-order valence-corrected chi connectivity index (χ2v) is 7.16. The number of fused-ring (bicyclic) bond motifs is 1. The first-order chi connectivity index (χ1) is 12.7. The third-order valence-electron chi connectivity index (χ3n) is 5.32. The number of carbonyl (C=O) groups excluding carboxylic acids is 1. The van der Waals surface area contributed by atoms with Gasteiger partial charge in [-0.2, -0.15) is 0 Å². The minimum absolute atomic E-state index is 0.0292. The van der Waals surface area contributed by atoms with Crippen molar-refractivity contribution in [1.29, 1.82) is 0 Å². The van der Waals surface area contributed by atoms with E-state index < -0.39 is 0 Å². The molecule has 0 radical (unpaired) electrons. The molecular formula is C21H20N2O3. The number of amides is 1. The van der Waals surface area contributed by atoms with Crippen molar-refractivity contribution < 1.29 is 13.6 Å². The zero-order valence-electron chi connectivity index (χ0n) is 14.5. The Morgan fingerprint density at radius 3 is 2.69 bits per heavy atom. The number of anilines is 1. The first-order valence-electron chi connectivity index (χ1n) is 8.99. The van der Waals surface area contributed by atoms with Gasteiger partial charge in [0.05, 0.1) is 18.4 Å². The summed E-state index contributed by atoms with van der Waals surface area (Å²) >= 11 is 0. The normalized spacial score (nSPS) is 24.3. The van der Waals surface area contributed by atoms with Gasteiger partial charge < -0.3 is 19.1 Å². The maximum atomic E-state index is 13.1. The predicted octanol–water partition coefficient (Wildman–Crippen LogP) is 4.76. The molecule has 132 valence electrons. The molecule has 3 unspecified atom stereocenters. The third-order valence-corrected chi connectivity index (χ3v) is 5.32. The van der Waals surface area contributed by atoms with Crippen molar-refractivity contribution in [2.45, 2.75) is 32.0 Å². The number of para-hydroxylation sites is 1. The van der Waals surface area contributed by atoms with Crippen LogP contribution < -0.4 is 5.32 Å². The monoisotopic (exact) mass is 348 g/mol. The molecule has 5 rings (SSSR count). The van der Waals surface area contributed by atoms with Gasteiger partial charge in [0, 0.05) is 11.6 Å². The van der Waals surface area contributed by atoms with E-state index in [4.69, 9.17) is 8.83 Å². The number of hydrogen-bond acceptors (Lipinski definition) is 4. The Morgan fingerprint density at radius 1 is 1.12 bits per heavy atom. The van der Waals surface area contributed by atoms with Crippen molar-refractivity contribution in [2.24, 2.45) is 5.92 Å². The minimum Gasteiger partial charge on any atom is -0.467 e. The molecule has 3 aromatic rings. The molecule has 0 bridgehead atoms. The Labute approximate surface area is 151 Å². The largest absolute Gasteiger partial charge is 0.467 e. The van der Waals surface area contributed by atoms with Crippen LogP contribution in [0.5, 0.6) is 0 Å². The van der Waals surface area contributed by atoms with Crippen LogP contribution in [0.3, 0.4) is 0 Å². The van der Waals surface area contributed by atoms with Crippen LogP contribution in [-0.2, 0) is 6.54 Å². The molecule has 1 amide bonds. The van der Waals surface area contributed by atoms with E-state index in [0.717, 1.165) is 23.0 Å². The average molecular weight is 348 g/mol. The fraction of sp³-hybridized carbons (Fsp3) is 0.286. The van der Waals surface area contributed by atoms with Gasteiger partial charge in [-0.1, -0.05) is 19.1 Å². The number of rotatable bonds is 4. The fourth-order valence-electron chi connectivity index (χ4n) is 3.68. The van der Waals surface area contributed by atoms with Crippen LogP contribution in [0.25, 0.3) is 0 Å². The van der Waals surface area contributed by atoms with Gasteiger partial charge in [0.2, 0.25) is 0 Å². The number of hydrogen-bond donors (Lipinski definition) is 1. The summed E-state index contributed by atoms with van der Waals surface area (Å²) in [6.45, 7) is 2.61. The number of benzene rings is 1. The molecule has 0 saturated heterocycles. The molecule has 26 heavy (non-hydrogen) atoms. The molecule has 2 aromatic heterocycles. The lowest BCUT2D eigenvalue weighted by Crippen LogP contribution is -2.42. The van der Waals surface area contributed by atoms with Crippen LogP contribution in [0.2, 0.25) is 0 Å². The van der Waals surface area contributed by atoms with Gasteiger partial charge in [0.15, 0.2) is 6.17 Å². The Balaban J connectivity index is 1.52. The van der Waals surface area contributed by atoms with Crippen LogP contribution in [0.4, 0.5) is 5.69 Å². The third kappa shape index (κ3) is 2.51. The number of furan rings is 2. The molecule has 5 nitrogen and oxygen atoms in total. The van der Waals surface area contributed by atoms with Crippen molar-refractivity contribution >= 4 is 11.6 Å². The minimum atomic E-state index is -0.356. The standard InChI is InChI=1S/C21H20N2O3/c1-13-11-16(13)18-8-9-19(26-18)20-22-17-7-3-2-6-15(17)21(24)23(20)12-14-5-4-10-25-14/h2-10,13,16,20,22H,11-12H2,1H3. The van der Waals surface area contributed by atoms with E-state index in [1.54, 1.807) is 11.2 Å². The highest BCUT2D eigenvalue weighted by Gasteiger charge is 2.39. The molecular weight excluding hydrogens is 328 g/mol. The molecule has 1 N–H and O–H groups in total. The van der Waals surface area contributed by atoms with Crippen LogP contribution >= 0.6 is 0 Å². The van der Waals surface area contributed by atoms with Gasteiger partial charge in [-0.3, -0.25) is 4.79 Å². The van der Waals surface area contributed by atoms with Crippen molar-refractivity contribution in [3.05, 3.63) is 77.6 Å². The maximum absolute atomic E-state index is 13.1. The van der Waals surface area contributed by atoms with E-state index in [-0.39, 0.29) is 12.1 Å². The molecule has 3 heterocycles. The summed E-state index contributed by atoms with van der Waals surface area (Å²) in [5, 5.41) is 3.46. The van der Waals surface area contributed by atoms with E-state index >= 15 is 0 Å². The highest BCUT2D eigenvalue weighted by atomic mass is 16.3. The van der Waals surface area contributed by atoms with Gasteiger partial charge in [-0.25, -0.2) is 0 Å². The number of carbonyl (C=O) groups is 1. The first-order valence-corrected chi connectivity index (χ1v) is 8.99. The predicted molar refractivity (Wildman–Crippen MR) is 96.6 cm³/mol. The molecule has 5 heteroatoms. The van der Waals surface area contributed by atoms with Gasteiger partial charge in [-0.15, -0.1) is 0 Å². The topological polar surface area (TPSA) is 58.6 Å². The maximum Gasteiger partial charge on any atom is 0.258 e. The van der Waals surface area contributed by atoms with Gasteiger partial charge in [0.1, 0.15) is 17.3 Å². The zero-order chi connectivity index (χ0) is 17.7. The molecule has 1 aromatic carbocycles. The van der Waals surface area contributed by atoms with Crippen LogP contribution in [0.1, 0.15) is 53.1 Å². The summed E-state index contributed by atoms with van der Waals surface area (Å²) < 4.78 is 11.6. The van der Waals surface area contributed by atoms with Crippen LogP contribution in [0, 0.1) is 5.92 Å². The van der Waals surface area contributed by atoms with Crippen LogP contribution in [-0.4, -0.2) is 10.8 Å². The lowest BCUT2D eigenvalue weighted by molar-refractivity contribution is 0.0628. The fourth-order valence-corrected chi connectivity index (χ4v) is 3.68. The summed E-state index contributed by atoms with van der Waals surface area (Å²) in [5.41, 5.74) is 1.49. The highest BCUT2D eigenvalue weighted by molar-refractivity contribution is 6.01. The molecule has 1 fully saturated rings. The van der Waals surface area contributed by atoms with E-state index in [9.17, 15) is 4.79 Å². The summed E-state index contributed by atoms with van der Waals surface area (Å²) in [6, 6.07) is 15.3. The second kappa shape index (κ2) is 5.80. The van der Waals surface area contributed by atoms with Crippen LogP contribution in [0.15, 0.2) is 63.6 Å². The lowest BCUT2D eigenvalue weighted by Gasteiger charge is -2.36. The quantitative estimate of drug-likeness (QED) is 0.738. The molecule has 3 atom stereocenters. The SMILES string of the molecule is CC1CC1c1ccc(C2Nc3ccccc3C(=O)N2Cc2ccco2)o1. The lowest BCUT2D eigenvalue weighted by atomic mass is 10.1. The Kier molecular flexibility index (Phi) is 3.42. The molecule has 1 aliphatic heterocycles. The van der Waals surface area contributed by atoms with E-state index in [0.29, 0.717) is 23.9 Å². The van der Waals surface area contributed by atoms with Crippen molar-refractivity contribution in [3.63, 3.8) is 0 Å². The van der Waals surface area contributed by atoms with E-state index in [2.05, 4.69) is 12.2 Å². The Hall–Kier alpha value is -2.95. The van der Waals surface area contributed by atoms with Gasteiger partial charge in [-0.05, 0) is 48.7 Å². The Morgan fingerprint density at radius 2 is 1.92 bits per heavy atom. The van der Waals surface area contributed by atoms with Crippen molar-refractivity contribution in [1.82, 2.24) is 4.90 Å². The highest BCUT2D eigenvalue weighted by Crippen LogP contribution is 2.48. The summed E-state index contributed by atoms with van der Waals surface area (Å²) in [6.07, 6.45) is 2.44. The van der Waals surface area contributed by atoms with Gasteiger partial charge >= 0.3 is 0 Å². The first kappa shape index (κ1) is 15.3. The average Bonchev–Trinajstić information content (AvgIpc) is 3.08. The smallest absolute Gasteiger partial charge is 0.258 e. The zero-order valence-corrected chi connectivity index (χ0v) is 14.5. The second-order valence-electron chi connectivity index (χ2n) is 7.16. The number of nitrogens with zero attached hydrogens (tertiary/aromatic N) is 1. The van der Waals surface area contributed by atoms with E-state index in [1.807, 2.05) is 48.5 Å². The van der Waals surface area contributed by atoms with E-state index in [1.165, 1.54) is 6.42 Å². The molecule has 2 aliphatic rings.